The molecule has 0 saturated carbocycles. The van der Waals surface area contributed by atoms with Gasteiger partial charge in [0, 0.05) is 12.1 Å². The van der Waals surface area contributed by atoms with E-state index in [1.807, 2.05) is 0 Å². The minimum absolute atomic E-state index is 0.653. The van der Waals surface area contributed by atoms with Gasteiger partial charge in [0.05, 0.1) is 0 Å². The van der Waals surface area contributed by atoms with Gasteiger partial charge in [-0.2, -0.15) is 0 Å². The SMILES string of the molecule is C=C(C)C1CCC(CC)N1C. The zero-order chi connectivity index (χ0) is 8.43. The smallest absolute Gasteiger partial charge is 0.0302 e. The van der Waals surface area contributed by atoms with Crippen LogP contribution in [0.15, 0.2) is 12.2 Å². The summed E-state index contributed by atoms with van der Waals surface area (Å²) in [7, 11) is 2.22. The van der Waals surface area contributed by atoms with Crippen LogP contribution in [0.2, 0.25) is 0 Å². The number of likely N-dealkylation sites (N-methyl/N-ethyl adjacent to an activating group) is 1. The molecule has 11 heavy (non-hydrogen) atoms. The molecule has 0 aromatic heterocycles. The van der Waals surface area contributed by atoms with Gasteiger partial charge in [-0.25, -0.2) is 0 Å². The molecule has 1 aliphatic heterocycles. The van der Waals surface area contributed by atoms with Gasteiger partial charge in [-0.05, 0) is 33.2 Å². The second-order valence-electron chi connectivity index (χ2n) is 3.67. The van der Waals surface area contributed by atoms with Gasteiger partial charge in [0.1, 0.15) is 0 Å². The normalized spacial score (nSPS) is 32.6. The van der Waals surface area contributed by atoms with E-state index in [0.29, 0.717) is 6.04 Å². The van der Waals surface area contributed by atoms with Gasteiger partial charge in [-0.1, -0.05) is 19.1 Å². The maximum absolute atomic E-state index is 4.01. The second-order valence-corrected chi connectivity index (χ2v) is 3.67. The van der Waals surface area contributed by atoms with Crippen LogP contribution in [0.25, 0.3) is 0 Å². The van der Waals surface area contributed by atoms with Crippen LogP contribution in [0.4, 0.5) is 0 Å². The van der Waals surface area contributed by atoms with Crippen molar-refractivity contribution >= 4 is 0 Å². The van der Waals surface area contributed by atoms with Gasteiger partial charge < -0.3 is 0 Å². The summed E-state index contributed by atoms with van der Waals surface area (Å²) in [4.78, 5) is 2.47. The van der Waals surface area contributed by atoms with Gasteiger partial charge in [0.15, 0.2) is 0 Å². The molecule has 0 amide bonds. The molecule has 1 heterocycles. The van der Waals surface area contributed by atoms with E-state index in [0.717, 1.165) is 6.04 Å². The molecule has 0 aromatic carbocycles. The molecular weight excluding hydrogens is 134 g/mol. The Morgan fingerprint density at radius 2 is 2.18 bits per heavy atom. The predicted octanol–water partition coefficient (Wildman–Crippen LogP) is 2.44. The molecule has 1 aliphatic rings. The van der Waals surface area contributed by atoms with E-state index in [1.54, 1.807) is 0 Å². The lowest BCUT2D eigenvalue weighted by Gasteiger charge is -2.24. The van der Waals surface area contributed by atoms with Crippen molar-refractivity contribution in [3.8, 4) is 0 Å². The third kappa shape index (κ3) is 1.64. The van der Waals surface area contributed by atoms with Gasteiger partial charge in [-0.15, -0.1) is 0 Å². The van der Waals surface area contributed by atoms with Crippen molar-refractivity contribution in [2.45, 2.75) is 45.2 Å². The number of nitrogens with zero attached hydrogens (tertiary/aromatic N) is 1. The van der Waals surface area contributed by atoms with Gasteiger partial charge in [0.2, 0.25) is 0 Å². The van der Waals surface area contributed by atoms with Crippen molar-refractivity contribution in [3.63, 3.8) is 0 Å². The molecule has 2 unspecified atom stereocenters. The maximum Gasteiger partial charge on any atom is 0.0302 e. The Labute approximate surface area is 70.1 Å². The number of rotatable bonds is 2. The van der Waals surface area contributed by atoms with Crippen LogP contribution in [0.1, 0.15) is 33.1 Å². The monoisotopic (exact) mass is 153 g/mol. The van der Waals surface area contributed by atoms with Crippen molar-refractivity contribution < 1.29 is 0 Å². The average molecular weight is 153 g/mol. The fraction of sp³-hybridized carbons (Fsp3) is 0.800. The second kappa shape index (κ2) is 3.40. The molecule has 0 radical (unpaired) electrons. The third-order valence-electron chi connectivity index (χ3n) is 2.88. The van der Waals surface area contributed by atoms with Crippen molar-refractivity contribution in [2.75, 3.05) is 7.05 Å². The van der Waals surface area contributed by atoms with Gasteiger partial charge in [0.25, 0.3) is 0 Å². The van der Waals surface area contributed by atoms with Crippen LogP contribution in [0.3, 0.4) is 0 Å². The molecule has 1 nitrogen and oxygen atoms in total. The first-order valence-electron chi connectivity index (χ1n) is 4.54. The van der Waals surface area contributed by atoms with Crippen molar-refractivity contribution in [2.24, 2.45) is 0 Å². The van der Waals surface area contributed by atoms with Crippen LogP contribution in [-0.4, -0.2) is 24.0 Å². The zero-order valence-electron chi connectivity index (χ0n) is 7.93. The van der Waals surface area contributed by atoms with Crippen LogP contribution >= 0.6 is 0 Å². The lowest BCUT2D eigenvalue weighted by molar-refractivity contribution is 0.258. The molecule has 1 saturated heterocycles. The topological polar surface area (TPSA) is 3.24 Å². The maximum atomic E-state index is 4.01. The van der Waals surface area contributed by atoms with E-state index < -0.39 is 0 Å². The summed E-state index contributed by atoms with van der Waals surface area (Å²) in [6.45, 7) is 8.42. The molecule has 0 N–H and O–H groups in total. The minimum Gasteiger partial charge on any atom is -0.297 e. The predicted molar refractivity (Wildman–Crippen MR) is 49.7 cm³/mol. The van der Waals surface area contributed by atoms with Gasteiger partial charge >= 0.3 is 0 Å². The van der Waals surface area contributed by atoms with E-state index in [1.165, 1.54) is 24.8 Å². The highest BCUT2D eigenvalue weighted by molar-refractivity contribution is 5.06. The summed E-state index contributed by atoms with van der Waals surface area (Å²) >= 11 is 0. The van der Waals surface area contributed by atoms with E-state index in [4.69, 9.17) is 0 Å². The Balaban J connectivity index is 2.55. The minimum atomic E-state index is 0.653. The highest BCUT2D eigenvalue weighted by Gasteiger charge is 2.28. The van der Waals surface area contributed by atoms with Crippen LogP contribution < -0.4 is 0 Å². The van der Waals surface area contributed by atoms with Crippen molar-refractivity contribution in [3.05, 3.63) is 12.2 Å². The molecule has 1 heteroatoms. The lowest BCUT2D eigenvalue weighted by atomic mass is 10.1. The molecule has 0 aromatic rings. The highest BCUT2D eigenvalue weighted by Crippen LogP contribution is 2.27. The largest absolute Gasteiger partial charge is 0.297 e. The Kier molecular flexibility index (Phi) is 2.72. The van der Waals surface area contributed by atoms with Crippen LogP contribution in [0.5, 0.6) is 0 Å². The summed E-state index contributed by atoms with van der Waals surface area (Å²) in [5.74, 6) is 0. The lowest BCUT2D eigenvalue weighted by Crippen LogP contribution is -2.32. The Morgan fingerprint density at radius 3 is 2.45 bits per heavy atom. The fourth-order valence-electron chi connectivity index (χ4n) is 2.10. The first-order chi connectivity index (χ1) is 5.16. The summed E-state index contributed by atoms with van der Waals surface area (Å²) < 4.78 is 0. The Morgan fingerprint density at radius 1 is 1.55 bits per heavy atom. The molecule has 2 atom stereocenters. The number of hydrogen-bond acceptors (Lipinski definition) is 1. The fourth-order valence-corrected chi connectivity index (χ4v) is 2.10. The molecule has 1 fully saturated rings. The number of hydrogen-bond donors (Lipinski definition) is 0. The Bertz CT molecular complexity index is 151. The quantitative estimate of drug-likeness (QED) is 0.551. The third-order valence-corrected chi connectivity index (χ3v) is 2.88. The van der Waals surface area contributed by atoms with E-state index in [-0.39, 0.29) is 0 Å². The highest BCUT2D eigenvalue weighted by atomic mass is 15.2. The molecule has 0 bridgehead atoms. The standard InChI is InChI=1S/C10H19N/c1-5-9-6-7-10(8(2)3)11(9)4/h9-10H,2,5-7H2,1,3-4H3. The number of likely N-dealkylation sites (tertiary alicyclic amines) is 1. The van der Waals surface area contributed by atoms with Crippen molar-refractivity contribution in [1.29, 1.82) is 0 Å². The summed E-state index contributed by atoms with van der Waals surface area (Å²) in [5, 5.41) is 0. The molecule has 0 aliphatic carbocycles. The molecular formula is C10H19N. The van der Waals surface area contributed by atoms with E-state index in [9.17, 15) is 0 Å². The van der Waals surface area contributed by atoms with E-state index >= 15 is 0 Å². The first kappa shape index (κ1) is 8.79. The van der Waals surface area contributed by atoms with Gasteiger partial charge in [-0.3, -0.25) is 4.90 Å². The molecule has 0 spiro atoms. The Hall–Kier alpha value is -0.300. The summed E-state index contributed by atoms with van der Waals surface area (Å²) in [5.41, 5.74) is 1.32. The average Bonchev–Trinajstić information content (AvgIpc) is 2.30. The van der Waals surface area contributed by atoms with E-state index in [2.05, 4.69) is 32.4 Å². The van der Waals surface area contributed by atoms with Crippen LogP contribution in [-0.2, 0) is 0 Å². The zero-order valence-corrected chi connectivity index (χ0v) is 7.93. The van der Waals surface area contributed by atoms with Crippen molar-refractivity contribution in [1.82, 2.24) is 4.90 Å². The summed E-state index contributed by atoms with van der Waals surface area (Å²) in [6.07, 6.45) is 3.94. The molecule has 1 rings (SSSR count). The summed E-state index contributed by atoms with van der Waals surface area (Å²) in [6, 6.07) is 1.46. The van der Waals surface area contributed by atoms with Crippen LogP contribution in [0, 0.1) is 0 Å². The molecule has 64 valence electrons. The first-order valence-corrected chi connectivity index (χ1v) is 4.54.